The van der Waals surface area contributed by atoms with E-state index in [1.807, 2.05) is 0 Å². The first kappa shape index (κ1) is 15.0. The zero-order chi connectivity index (χ0) is 15.5. The number of sulfonamides is 1. The lowest BCUT2D eigenvalue weighted by Gasteiger charge is -2.06. The summed E-state index contributed by atoms with van der Waals surface area (Å²) in [5.74, 6) is 0.0915. The van der Waals surface area contributed by atoms with Crippen LogP contribution in [0.1, 0.15) is 23.0 Å². The molecule has 0 fully saturated rings. The van der Waals surface area contributed by atoms with Gasteiger partial charge in [-0.1, -0.05) is 5.16 Å². The molecule has 0 amide bonds. The normalized spacial score (nSPS) is 11.1. The van der Waals surface area contributed by atoms with E-state index in [1.165, 1.54) is 30.3 Å². The lowest BCUT2D eigenvalue weighted by atomic mass is 10.2. The van der Waals surface area contributed by atoms with E-state index in [1.54, 1.807) is 13.8 Å². The van der Waals surface area contributed by atoms with Gasteiger partial charge in [0.05, 0.1) is 17.1 Å². The number of hydrogen-bond donors (Lipinski definition) is 1. The Balaban J connectivity index is 2.19. The zero-order valence-corrected chi connectivity index (χ0v) is 12.3. The summed E-state index contributed by atoms with van der Waals surface area (Å²) in [5, 5.41) is 3.56. The number of hydrogen-bond acceptors (Lipinski definition) is 6. The van der Waals surface area contributed by atoms with Crippen LogP contribution in [0.25, 0.3) is 0 Å². The van der Waals surface area contributed by atoms with Crippen LogP contribution in [0.2, 0.25) is 0 Å². The maximum Gasteiger partial charge on any atom is 0.338 e. The summed E-state index contributed by atoms with van der Waals surface area (Å²) in [7, 11) is -3.78. The third-order valence-electron chi connectivity index (χ3n) is 2.54. The van der Waals surface area contributed by atoms with Crippen molar-refractivity contribution in [1.29, 1.82) is 0 Å². The predicted molar refractivity (Wildman–Crippen MR) is 74.4 cm³/mol. The van der Waals surface area contributed by atoms with Gasteiger partial charge >= 0.3 is 5.97 Å². The Bertz CT molecular complexity index is 734. The number of anilines is 1. The molecule has 2 rings (SSSR count). The molecular weight excluding hydrogens is 296 g/mol. The highest BCUT2D eigenvalue weighted by Gasteiger charge is 2.17. The molecule has 7 nitrogen and oxygen atoms in total. The van der Waals surface area contributed by atoms with Crippen LogP contribution in [0.5, 0.6) is 0 Å². The molecule has 112 valence electrons. The minimum atomic E-state index is -3.78. The van der Waals surface area contributed by atoms with Gasteiger partial charge in [0.1, 0.15) is 5.76 Å². The lowest BCUT2D eigenvalue weighted by molar-refractivity contribution is 0.0526. The minimum absolute atomic E-state index is 0.0104. The van der Waals surface area contributed by atoms with Crippen molar-refractivity contribution in [3.63, 3.8) is 0 Å². The van der Waals surface area contributed by atoms with Crippen LogP contribution in [-0.4, -0.2) is 26.2 Å². The van der Waals surface area contributed by atoms with Crippen LogP contribution in [0.4, 0.5) is 5.82 Å². The van der Waals surface area contributed by atoms with E-state index in [0.717, 1.165) is 0 Å². The smallest absolute Gasteiger partial charge is 0.338 e. The summed E-state index contributed by atoms with van der Waals surface area (Å²) >= 11 is 0. The van der Waals surface area contributed by atoms with Crippen molar-refractivity contribution in [2.45, 2.75) is 18.7 Å². The van der Waals surface area contributed by atoms with Crippen molar-refractivity contribution in [2.24, 2.45) is 0 Å². The number of ether oxygens (including phenoxy) is 1. The first-order chi connectivity index (χ1) is 9.92. The highest BCUT2D eigenvalue weighted by Crippen LogP contribution is 2.16. The van der Waals surface area contributed by atoms with E-state index < -0.39 is 16.0 Å². The number of nitrogens with one attached hydrogen (secondary N) is 1. The molecule has 0 bridgehead atoms. The largest absolute Gasteiger partial charge is 0.462 e. The Hall–Kier alpha value is -2.35. The van der Waals surface area contributed by atoms with Crippen LogP contribution in [0, 0.1) is 6.92 Å². The highest BCUT2D eigenvalue weighted by atomic mass is 32.2. The van der Waals surface area contributed by atoms with Crippen LogP contribution < -0.4 is 4.72 Å². The summed E-state index contributed by atoms with van der Waals surface area (Å²) < 4.78 is 36.1. The van der Waals surface area contributed by atoms with Crippen molar-refractivity contribution in [3.05, 3.63) is 41.7 Å². The van der Waals surface area contributed by atoms with Gasteiger partial charge in [-0.3, -0.25) is 4.72 Å². The Kier molecular flexibility index (Phi) is 4.27. The van der Waals surface area contributed by atoms with Gasteiger partial charge in [-0.2, -0.15) is 0 Å². The van der Waals surface area contributed by atoms with Crippen LogP contribution in [0.15, 0.2) is 39.8 Å². The maximum absolute atomic E-state index is 12.1. The van der Waals surface area contributed by atoms with Gasteiger partial charge in [0, 0.05) is 6.07 Å². The molecule has 0 unspecified atom stereocenters. The number of carbonyl (C=O) groups excluding carboxylic acids is 1. The van der Waals surface area contributed by atoms with Gasteiger partial charge in [-0.25, -0.2) is 13.2 Å². The van der Waals surface area contributed by atoms with E-state index in [-0.39, 0.29) is 22.9 Å². The Morgan fingerprint density at radius 2 is 2.00 bits per heavy atom. The van der Waals surface area contributed by atoms with Crippen molar-refractivity contribution >= 4 is 21.8 Å². The van der Waals surface area contributed by atoms with Crippen LogP contribution >= 0.6 is 0 Å². The van der Waals surface area contributed by atoms with Gasteiger partial charge in [0.2, 0.25) is 0 Å². The molecular formula is C13H14N2O5S. The van der Waals surface area contributed by atoms with Crippen molar-refractivity contribution in [3.8, 4) is 0 Å². The second-order valence-electron chi connectivity index (χ2n) is 4.17. The number of aryl methyl sites for hydroxylation is 1. The maximum atomic E-state index is 12.1. The number of esters is 1. The van der Waals surface area contributed by atoms with E-state index in [2.05, 4.69) is 9.88 Å². The molecule has 0 aliphatic heterocycles. The molecule has 0 aliphatic carbocycles. The number of aromatic nitrogens is 1. The molecule has 2 aromatic rings. The molecule has 1 aromatic heterocycles. The number of carbonyl (C=O) groups is 1. The molecule has 1 heterocycles. The third-order valence-corrected chi connectivity index (χ3v) is 3.91. The molecule has 0 saturated heterocycles. The molecule has 0 aliphatic rings. The predicted octanol–water partition coefficient (Wildman–Crippen LogP) is 1.96. The monoisotopic (exact) mass is 310 g/mol. The lowest BCUT2D eigenvalue weighted by Crippen LogP contribution is -2.13. The molecule has 0 spiro atoms. The highest BCUT2D eigenvalue weighted by molar-refractivity contribution is 7.92. The topological polar surface area (TPSA) is 98.5 Å². The average Bonchev–Trinajstić information content (AvgIpc) is 2.84. The fraction of sp³-hybridized carbons (Fsp3) is 0.231. The summed E-state index contributed by atoms with van der Waals surface area (Å²) in [6, 6.07) is 6.88. The second kappa shape index (κ2) is 5.96. The summed E-state index contributed by atoms with van der Waals surface area (Å²) in [6.07, 6.45) is 0. The molecule has 1 aromatic carbocycles. The van der Waals surface area contributed by atoms with Gasteiger partial charge in [-0.05, 0) is 38.1 Å². The molecule has 0 atom stereocenters. The number of benzene rings is 1. The fourth-order valence-electron chi connectivity index (χ4n) is 1.60. The first-order valence-electron chi connectivity index (χ1n) is 6.15. The van der Waals surface area contributed by atoms with Gasteiger partial charge in [0.25, 0.3) is 10.0 Å². The Labute approximate surface area is 121 Å². The van der Waals surface area contributed by atoms with Crippen molar-refractivity contribution < 1.29 is 22.5 Å². The fourth-order valence-corrected chi connectivity index (χ4v) is 2.58. The quantitative estimate of drug-likeness (QED) is 0.848. The number of nitrogens with zero attached hydrogens (tertiary/aromatic N) is 1. The average molecular weight is 310 g/mol. The third kappa shape index (κ3) is 3.60. The molecule has 0 radical (unpaired) electrons. The standard InChI is InChI=1S/C13H14N2O5S/c1-3-19-13(16)10-4-6-11(7-5-10)21(17,18)15-12-8-9(2)20-14-12/h4-8H,3H2,1-2H3,(H,14,15). The van der Waals surface area contributed by atoms with Crippen molar-refractivity contribution in [1.82, 2.24) is 5.16 Å². The van der Waals surface area contributed by atoms with Gasteiger partial charge in [0.15, 0.2) is 5.82 Å². The first-order valence-corrected chi connectivity index (χ1v) is 7.64. The van der Waals surface area contributed by atoms with Gasteiger partial charge < -0.3 is 9.26 Å². The molecule has 1 N–H and O–H groups in total. The van der Waals surface area contributed by atoms with E-state index >= 15 is 0 Å². The van der Waals surface area contributed by atoms with E-state index in [9.17, 15) is 13.2 Å². The molecule has 0 saturated carbocycles. The molecule has 21 heavy (non-hydrogen) atoms. The van der Waals surface area contributed by atoms with Crippen LogP contribution in [0.3, 0.4) is 0 Å². The summed E-state index contributed by atoms with van der Waals surface area (Å²) in [5.41, 5.74) is 0.285. The van der Waals surface area contributed by atoms with Gasteiger partial charge in [-0.15, -0.1) is 0 Å². The minimum Gasteiger partial charge on any atom is -0.462 e. The van der Waals surface area contributed by atoms with E-state index in [4.69, 9.17) is 9.26 Å². The summed E-state index contributed by atoms with van der Waals surface area (Å²) in [4.78, 5) is 11.5. The molecule has 8 heteroatoms. The number of rotatable bonds is 5. The van der Waals surface area contributed by atoms with Crippen LogP contribution in [-0.2, 0) is 14.8 Å². The van der Waals surface area contributed by atoms with Crippen molar-refractivity contribution in [2.75, 3.05) is 11.3 Å². The Morgan fingerprint density at radius 3 is 2.52 bits per heavy atom. The zero-order valence-electron chi connectivity index (χ0n) is 11.5. The SMILES string of the molecule is CCOC(=O)c1ccc(S(=O)(=O)Nc2cc(C)on2)cc1. The van der Waals surface area contributed by atoms with E-state index in [0.29, 0.717) is 5.76 Å². The summed E-state index contributed by atoms with van der Waals surface area (Å²) in [6.45, 7) is 3.60. The Morgan fingerprint density at radius 1 is 1.33 bits per heavy atom. The second-order valence-corrected chi connectivity index (χ2v) is 5.86.